The minimum atomic E-state index is -0.175. The Hall–Kier alpha value is -2.96. The van der Waals surface area contributed by atoms with Crippen LogP contribution in [0.1, 0.15) is 28.9 Å². The minimum Gasteiger partial charge on any atom is -0.350 e. The SMILES string of the molecule is CN(CCc1ccccc1)c1nc(C(=O)NCC2CC2)c2ncn(C)c2n1. The van der Waals surface area contributed by atoms with Crippen LogP contribution in [0.4, 0.5) is 5.95 Å². The molecule has 1 saturated carbocycles. The van der Waals surface area contributed by atoms with Gasteiger partial charge in [-0.05, 0) is 30.7 Å². The van der Waals surface area contributed by atoms with E-state index in [9.17, 15) is 4.79 Å². The summed E-state index contributed by atoms with van der Waals surface area (Å²) in [5, 5.41) is 2.99. The molecule has 0 aliphatic heterocycles. The summed E-state index contributed by atoms with van der Waals surface area (Å²) in [6.07, 6.45) is 4.94. The zero-order valence-electron chi connectivity index (χ0n) is 15.7. The molecule has 3 aromatic rings. The van der Waals surface area contributed by atoms with Crippen molar-refractivity contribution in [3.8, 4) is 0 Å². The van der Waals surface area contributed by atoms with Crippen LogP contribution in [0, 0.1) is 5.92 Å². The van der Waals surface area contributed by atoms with Crippen molar-refractivity contribution < 1.29 is 4.79 Å². The first-order valence-electron chi connectivity index (χ1n) is 9.34. The quantitative estimate of drug-likeness (QED) is 0.695. The fourth-order valence-electron chi connectivity index (χ4n) is 3.01. The number of benzene rings is 1. The van der Waals surface area contributed by atoms with Gasteiger partial charge in [-0.15, -0.1) is 0 Å². The normalized spacial score (nSPS) is 13.7. The fourth-order valence-corrected chi connectivity index (χ4v) is 3.01. The standard InChI is InChI=1S/C20H24N6O/c1-25(11-10-14-6-4-3-5-7-14)20-23-17(19(27)21-12-15-8-9-15)16-18(24-20)26(2)13-22-16/h3-7,13,15H,8-12H2,1-2H3,(H,21,27). The number of aromatic nitrogens is 4. The first kappa shape index (κ1) is 17.5. The Labute approximate surface area is 158 Å². The van der Waals surface area contributed by atoms with Crippen molar-refractivity contribution in [3.63, 3.8) is 0 Å². The van der Waals surface area contributed by atoms with Crippen molar-refractivity contribution in [2.24, 2.45) is 13.0 Å². The Kier molecular flexibility index (Phi) is 4.75. The summed E-state index contributed by atoms with van der Waals surface area (Å²) in [5.74, 6) is 0.979. The lowest BCUT2D eigenvalue weighted by atomic mass is 10.1. The summed E-state index contributed by atoms with van der Waals surface area (Å²) in [5.41, 5.74) is 2.82. The molecule has 1 aliphatic rings. The Morgan fingerprint density at radius 3 is 2.78 bits per heavy atom. The van der Waals surface area contributed by atoms with Crippen LogP contribution in [-0.2, 0) is 13.5 Å². The van der Waals surface area contributed by atoms with Crippen LogP contribution >= 0.6 is 0 Å². The fraction of sp³-hybridized carbons (Fsp3) is 0.400. The molecule has 0 spiro atoms. The number of aryl methyl sites for hydroxylation is 1. The van der Waals surface area contributed by atoms with Gasteiger partial charge in [-0.2, -0.15) is 4.98 Å². The van der Waals surface area contributed by atoms with Gasteiger partial charge in [-0.1, -0.05) is 30.3 Å². The second-order valence-corrected chi connectivity index (χ2v) is 7.21. The number of carbonyl (C=O) groups excluding carboxylic acids is 1. The Morgan fingerprint density at radius 2 is 2.04 bits per heavy atom. The molecule has 0 unspecified atom stereocenters. The number of nitrogens with one attached hydrogen (secondary N) is 1. The average molecular weight is 364 g/mol. The monoisotopic (exact) mass is 364 g/mol. The zero-order chi connectivity index (χ0) is 18.8. The molecule has 1 aliphatic carbocycles. The van der Waals surface area contributed by atoms with E-state index in [0.717, 1.165) is 13.0 Å². The number of hydrogen-bond donors (Lipinski definition) is 1. The number of hydrogen-bond acceptors (Lipinski definition) is 5. The van der Waals surface area contributed by atoms with Crippen molar-refractivity contribution in [2.45, 2.75) is 19.3 Å². The van der Waals surface area contributed by atoms with E-state index in [1.54, 1.807) is 6.33 Å². The molecule has 7 heteroatoms. The van der Waals surface area contributed by atoms with Gasteiger partial charge in [0, 0.05) is 27.2 Å². The van der Waals surface area contributed by atoms with Gasteiger partial charge in [0.1, 0.15) is 5.52 Å². The number of nitrogens with zero attached hydrogens (tertiary/aromatic N) is 5. The van der Waals surface area contributed by atoms with Crippen molar-refractivity contribution in [1.29, 1.82) is 0 Å². The number of imidazole rings is 1. The van der Waals surface area contributed by atoms with Crippen LogP contribution < -0.4 is 10.2 Å². The van der Waals surface area contributed by atoms with Crippen LogP contribution in [0.5, 0.6) is 0 Å². The zero-order valence-corrected chi connectivity index (χ0v) is 15.7. The Morgan fingerprint density at radius 1 is 1.26 bits per heavy atom. The third-order valence-electron chi connectivity index (χ3n) is 4.93. The molecule has 0 atom stereocenters. The minimum absolute atomic E-state index is 0.175. The number of likely N-dealkylation sites (N-methyl/N-ethyl adjacent to an activating group) is 1. The topological polar surface area (TPSA) is 75.9 Å². The smallest absolute Gasteiger partial charge is 0.272 e. The molecule has 0 bridgehead atoms. The van der Waals surface area contributed by atoms with Gasteiger partial charge in [0.05, 0.1) is 6.33 Å². The predicted molar refractivity (Wildman–Crippen MR) is 105 cm³/mol. The lowest BCUT2D eigenvalue weighted by molar-refractivity contribution is 0.0948. The second kappa shape index (κ2) is 7.34. The molecule has 7 nitrogen and oxygen atoms in total. The molecule has 2 heterocycles. The highest BCUT2D eigenvalue weighted by molar-refractivity contribution is 6.02. The molecule has 4 rings (SSSR count). The largest absolute Gasteiger partial charge is 0.350 e. The van der Waals surface area contributed by atoms with Crippen LogP contribution in [0.3, 0.4) is 0 Å². The van der Waals surface area contributed by atoms with E-state index >= 15 is 0 Å². The van der Waals surface area contributed by atoms with E-state index in [0.29, 0.717) is 35.3 Å². The van der Waals surface area contributed by atoms with E-state index in [2.05, 4.69) is 32.4 Å². The molecule has 1 aromatic carbocycles. The molecule has 1 amide bonds. The molecule has 140 valence electrons. The highest BCUT2D eigenvalue weighted by Crippen LogP contribution is 2.27. The summed E-state index contributed by atoms with van der Waals surface area (Å²) >= 11 is 0. The van der Waals surface area contributed by atoms with Gasteiger partial charge in [0.15, 0.2) is 11.3 Å². The van der Waals surface area contributed by atoms with E-state index in [-0.39, 0.29) is 5.91 Å². The lowest BCUT2D eigenvalue weighted by Crippen LogP contribution is -2.29. The summed E-state index contributed by atoms with van der Waals surface area (Å²) in [6, 6.07) is 10.3. The highest BCUT2D eigenvalue weighted by Gasteiger charge is 2.24. The maximum atomic E-state index is 12.7. The summed E-state index contributed by atoms with van der Waals surface area (Å²) < 4.78 is 1.82. The van der Waals surface area contributed by atoms with Crippen molar-refractivity contribution in [3.05, 3.63) is 47.9 Å². The molecule has 0 saturated heterocycles. The summed E-state index contributed by atoms with van der Waals surface area (Å²) in [7, 11) is 3.83. The van der Waals surface area contributed by atoms with Crippen molar-refractivity contribution in [1.82, 2.24) is 24.8 Å². The maximum absolute atomic E-state index is 12.7. The van der Waals surface area contributed by atoms with Crippen LogP contribution in [0.2, 0.25) is 0 Å². The third kappa shape index (κ3) is 3.92. The molecule has 27 heavy (non-hydrogen) atoms. The van der Waals surface area contributed by atoms with Crippen molar-refractivity contribution >= 4 is 23.0 Å². The van der Waals surface area contributed by atoms with Crippen molar-refractivity contribution in [2.75, 3.05) is 25.0 Å². The van der Waals surface area contributed by atoms with Gasteiger partial charge in [0.25, 0.3) is 5.91 Å². The highest BCUT2D eigenvalue weighted by atomic mass is 16.1. The third-order valence-corrected chi connectivity index (χ3v) is 4.93. The first-order chi connectivity index (χ1) is 13.1. The number of fused-ring (bicyclic) bond motifs is 1. The molecular formula is C20H24N6O. The van der Waals surface area contributed by atoms with Gasteiger partial charge < -0.3 is 14.8 Å². The van der Waals surface area contributed by atoms with E-state index in [1.165, 1.54) is 18.4 Å². The molecule has 1 fully saturated rings. The molecule has 2 aromatic heterocycles. The van der Waals surface area contributed by atoms with Gasteiger partial charge in [-0.3, -0.25) is 4.79 Å². The van der Waals surface area contributed by atoms with Crippen LogP contribution in [0.25, 0.3) is 11.2 Å². The first-order valence-corrected chi connectivity index (χ1v) is 9.34. The average Bonchev–Trinajstić information content (AvgIpc) is 3.46. The van der Waals surface area contributed by atoms with Gasteiger partial charge in [0.2, 0.25) is 5.95 Å². The summed E-state index contributed by atoms with van der Waals surface area (Å²) in [6.45, 7) is 1.47. The molecule has 0 radical (unpaired) electrons. The number of rotatable bonds is 7. The number of carbonyl (C=O) groups is 1. The number of anilines is 1. The van der Waals surface area contributed by atoms with E-state index < -0.39 is 0 Å². The molecular weight excluding hydrogens is 340 g/mol. The van der Waals surface area contributed by atoms with E-state index in [4.69, 9.17) is 0 Å². The molecule has 1 N–H and O–H groups in total. The second-order valence-electron chi connectivity index (χ2n) is 7.21. The maximum Gasteiger partial charge on any atom is 0.272 e. The summed E-state index contributed by atoms with van der Waals surface area (Å²) in [4.78, 5) is 28.2. The Balaban J connectivity index is 1.57. The van der Waals surface area contributed by atoms with Crippen LogP contribution in [-0.4, -0.2) is 45.6 Å². The van der Waals surface area contributed by atoms with Gasteiger partial charge in [-0.25, -0.2) is 9.97 Å². The lowest BCUT2D eigenvalue weighted by Gasteiger charge is -2.18. The van der Waals surface area contributed by atoms with Gasteiger partial charge >= 0.3 is 0 Å². The van der Waals surface area contributed by atoms with Crippen LogP contribution in [0.15, 0.2) is 36.7 Å². The number of amides is 1. The van der Waals surface area contributed by atoms with E-state index in [1.807, 2.05) is 41.8 Å². The Bertz CT molecular complexity index is 948. The predicted octanol–water partition coefficient (Wildman–Crippen LogP) is 2.18.